The predicted octanol–water partition coefficient (Wildman–Crippen LogP) is 20.9. The van der Waals surface area contributed by atoms with Crippen molar-refractivity contribution in [2.45, 2.75) is 5.41 Å². The Labute approximate surface area is 541 Å². The van der Waals surface area contributed by atoms with Gasteiger partial charge in [-0.05, 0) is 120 Å². The highest BCUT2D eigenvalue weighted by Crippen LogP contribution is 2.63. The molecular weight excluding hydrogens is 1160 g/mol. The number of ether oxygens (including phenoxy) is 1. The molecule has 0 radical (unpaired) electrons. The van der Waals surface area contributed by atoms with Crippen LogP contribution < -0.4 is 4.74 Å². The normalized spacial score (nSPS) is 14.0. The second kappa shape index (κ2) is 18.9. The van der Waals surface area contributed by atoms with Gasteiger partial charge in [0.25, 0.3) is 0 Å². The highest BCUT2D eigenvalue weighted by molar-refractivity contribution is 6.15. The van der Waals surface area contributed by atoms with Crippen LogP contribution in [0.5, 0.6) is 11.5 Å². The van der Waals surface area contributed by atoms with E-state index in [2.05, 4.69) is 256 Å². The summed E-state index contributed by atoms with van der Waals surface area (Å²) >= 11 is 0. The van der Waals surface area contributed by atoms with E-state index in [9.17, 15) is 0 Å². The zero-order chi connectivity index (χ0) is 62.4. The predicted molar refractivity (Wildman–Crippen MR) is 381 cm³/mol. The van der Waals surface area contributed by atoms with Crippen LogP contribution in [0, 0.1) is 13.1 Å². The van der Waals surface area contributed by atoms with Crippen molar-refractivity contribution in [3.63, 3.8) is 0 Å². The first-order valence-corrected chi connectivity index (χ1v) is 31.7. The third-order valence-corrected chi connectivity index (χ3v) is 20.3. The standard InChI is InChI=1S/C84H46N10O/c1-85-49-27-34-76-63(39-49)64-40-50(86-2)28-35-77(64)94(76)55-43-69-83(89-47-55)82-68(42-54(46-88-82)93-73-24-12-5-17-58(73)59-18-6-13-25-74(59)93)84(69)66-32-29-52(90-70-21-9-3-15-56(70)57-16-4-10-22-71(57)90)44-80(66)95-81-45-53(30-33-67(81)84)91-75-26-14-8-20-61(75)65-41-51(31-36-78(65)91)92-72-23-11-7-19-60(72)62-37-38-87-48-79(62)92/h3-48H. The second-order valence-electron chi connectivity index (χ2n) is 24.9. The maximum absolute atomic E-state index is 8.06. The Morgan fingerprint density at radius 3 is 1.05 bits per heavy atom. The Hall–Kier alpha value is -13.4. The Morgan fingerprint density at radius 1 is 0.284 bits per heavy atom. The molecule has 0 saturated heterocycles. The molecule has 0 fully saturated rings. The quantitative estimate of drug-likeness (QED) is 0.161. The number of hydrogen-bond acceptors (Lipinski definition) is 4. The summed E-state index contributed by atoms with van der Waals surface area (Å²) in [5, 5.41) is 11.0. The number of rotatable bonds is 5. The van der Waals surface area contributed by atoms with Gasteiger partial charge in [-0.3, -0.25) is 15.0 Å². The van der Waals surface area contributed by atoms with E-state index >= 15 is 0 Å². The van der Waals surface area contributed by atoms with Crippen molar-refractivity contribution < 1.29 is 4.74 Å². The van der Waals surface area contributed by atoms with Crippen LogP contribution in [0.15, 0.2) is 280 Å². The van der Waals surface area contributed by atoms with Crippen LogP contribution in [-0.4, -0.2) is 37.8 Å². The molecule has 1 atom stereocenters. The smallest absolute Gasteiger partial charge is 0.188 e. The lowest BCUT2D eigenvalue weighted by molar-refractivity contribution is 0.436. The molecule has 0 bridgehead atoms. The zero-order valence-electron chi connectivity index (χ0n) is 50.4. The lowest BCUT2D eigenvalue weighted by Gasteiger charge is -2.39. The first-order chi connectivity index (χ1) is 47.0. The zero-order valence-corrected chi connectivity index (χ0v) is 50.4. The summed E-state index contributed by atoms with van der Waals surface area (Å²) in [5.74, 6) is 1.39. The maximum Gasteiger partial charge on any atom is 0.188 e. The minimum absolute atomic E-state index is 0.522. The van der Waals surface area contributed by atoms with Crippen LogP contribution in [0.25, 0.3) is 159 Å². The van der Waals surface area contributed by atoms with Gasteiger partial charge in [-0.15, -0.1) is 0 Å². The van der Waals surface area contributed by atoms with Gasteiger partial charge in [0.05, 0.1) is 115 Å². The Kier molecular flexibility index (Phi) is 10.2. The molecule has 0 amide bonds. The van der Waals surface area contributed by atoms with Gasteiger partial charge in [-0.25, -0.2) is 9.69 Å². The topological polar surface area (TPSA) is 81.3 Å². The van der Waals surface area contributed by atoms with Crippen LogP contribution in [0.3, 0.4) is 0 Å². The van der Waals surface area contributed by atoms with Gasteiger partial charge in [-0.2, -0.15) is 0 Å². The van der Waals surface area contributed by atoms with Gasteiger partial charge in [0.1, 0.15) is 11.5 Å². The lowest BCUT2D eigenvalue weighted by Crippen LogP contribution is -2.32. The maximum atomic E-state index is 8.06. The van der Waals surface area contributed by atoms with Crippen LogP contribution >= 0.6 is 0 Å². The summed E-state index contributed by atoms with van der Waals surface area (Å²) in [5.41, 5.74) is 20.4. The fraction of sp³-hybridized carbons (Fsp3) is 0.0119. The number of para-hydroxylation sites is 6. The molecule has 1 spiro atoms. The van der Waals surface area contributed by atoms with Crippen molar-refractivity contribution in [2.75, 3.05) is 0 Å². The lowest BCUT2D eigenvalue weighted by atomic mass is 9.66. The highest BCUT2D eigenvalue weighted by Gasteiger charge is 2.53. The van der Waals surface area contributed by atoms with Gasteiger partial charge in [-0.1, -0.05) is 133 Å². The van der Waals surface area contributed by atoms with Gasteiger partial charge in [0.15, 0.2) is 11.4 Å². The molecule has 9 heterocycles. The SMILES string of the molecule is [C-]#[N+]c1ccc2c(c1)c1cc([N+]#[C-])ccc1n2-c1cnc2c(c1)C1(c3ccc(-n4c5ccccc5c5ccccc54)cc3Oc3cc(-n4c5ccccc5c5cc(-n6c7ccccc7c7ccncc76)ccc54)ccc31)c1cc(-n3c4ccccc4c4ccccc43)cnc1-2. The van der Waals surface area contributed by atoms with Gasteiger partial charge in [0, 0.05) is 101 Å². The fourth-order valence-electron chi connectivity index (χ4n) is 16.5. The van der Waals surface area contributed by atoms with E-state index in [1.165, 1.54) is 16.2 Å². The van der Waals surface area contributed by atoms with E-state index in [4.69, 9.17) is 27.8 Å². The van der Waals surface area contributed by atoms with Gasteiger partial charge >= 0.3 is 0 Å². The van der Waals surface area contributed by atoms with E-state index in [1.807, 2.05) is 61.2 Å². The van der Waals surface area contributed by atoms with Crippen LogP contribution in [0.1, 0.15) is 22.3 Å². The number of fused-ring (bicyclic) bond motifs is 24. The van der Waals surface area contributed by atoms with Crippen LogP contribution in [-0.2, 0) is 5.41 Å². The first kappa shape index (κ1) is 51.4. The molecule has 1 aliphatic carbocycles. The summed E-state index contributed by atoms with van der Waals surface area (Å²) in [7, 11) is 0. The minimum Gasteiger partial charge on any atom is -0.457 e. The van der Waals surface area contributed by atoms with Crippen molar-refractivity contribution in [1.82, 2.24) is 37.8 Å². The Morgan fingerprint density at radius 2 is 0.621 bits per heavy atom. The molecule has 95 heavy (non-hydrogen) atoms. The summed E-state index contributed by atoms with van der Waals surface area (Å²) < 4.78 is 19.4. The molecule has 1 unspecified atom stereocenters. The molecule has 438 valence electrons. The number of benzene rings is 11. The van der Waals surface area contributed by atoms with Crippen molar-refractivity contribution >= 4 is 120 Å². The molecule has 1 aliphatic heterocycles. The van der Waals surface area contributed by atoms with Crippen molar-refractivity contribution in [2.24, 2.45) is 0 Å². The van der Waals surface area contributed by atoms with Crippen molar-refractivity contribution in [1.29, 1.82) is 0 Å². The molecule has 11 nitrogen and oxygen atoms in total. The fourth-order valence-corrected chi connectivity index (χ4v) is 16.5. The second-order valence-corrected chi connectivity index (χ2v) is 24.9. The number of hydrogen-bond donors (Lipinski definition) is 0. The molecule has 21 rings (SSSR count). The number of aromatic nitrogens is 8. The van der Waals surface area contributed by atoms with Crippen molar-refractivity contribution in [3.05, 3.63) is 325 Å². The summed E-state index contributed by atoms with van der Waals surface area (Å²) in [6.07, 6.45) is 7.80. The summed E-state index contributed by atoms with van der Waals surface area (Å²) in [6.45, 7) is 16.1. The average Bonchev–Trinajstić information content (AvgIpc) is 1.56. The van der Waals surface area contributed by atoms with Crippen LogP contribution in [0.4, 0.5) is 11.4 Å². The molecule has 8 aromatic heterocycles. The van der Waals surface area contributed by atoms with Crippen LogP contribution in [0.2, 0.25) is 0 Å². The summed E-state index contributed by atoms with van der Waals surface area (Å²) in [4.78, 5) is 23.5. The third kappa shape index (κ3) is 6.81. The van der Waals surface area contributed by atoms with Gasteiger partial charge in [0.2, 0.25) is 0 Å². The summed E-state index contributed by atoms with van der Waals surface area (Å²) in [6, 6.07) is 90.5. The largest absolute Gasteiger partial charge is 0.457 e. The highest BCUT2D eigenvalue weighted by atomic mass is 16.5. The monoisotopic (exact) mass is 1210 g/mol. The van der Waals surface area contributed by atoms with Gasteiger partial charge < -0.3 is 27.6 Å². The van der Waals surface area contributed by atoms with Crippen molar-refractivity contribution in [3.8, 4) is 51.3 Å². The molecule has 11 heteroatoms. The molecule has 0 saturated carbocycles. The minimum atomic E-state index is -1.10. The average molecular weight is 1210 g/mol. The molecule has 2 aliphatic rings. The molecular formula is C84H46N10O. The number of pyridine rings is 3. The Bertz CT molecular complexity index is 6530. The van der Waals surface area contributed by atoms with E-state index in [0.29, 0.717) is 22.9 Å². The molecule has 0 N–H and O–H groups in total. The van der Waals surface area contributed by atoms with E-state index in [1.54, 1.807) is 0 Å². The van der Waals surface area contributed by atoms with E-state index in [-0.39, 0.29) is 0 Å². The molecule has 11 aromatic carbocycles. The van der Waals surface area contributed by atoms with E-state index in [0.717, 1.165) is 155 Å². The number of nitrogens with zero attached hydrogens (tertiary/aromatic N) is 10. The first-order valence-electron chi connectivity index (χ1n) is 31.7. The van der Waals surface area contributed by atoms with E-state index < -0.39 is 5.41 Å². The Balaban J connectivity index is 0.857. The molecule has 19 aromatic rings. The third-order valence-electron chi connectivity index (χ3n) is 20.3.